The van der Waals surface area contributed by atoms with E-state index in [1.165, 1.54) is 44.5 Å². The van der Waals surface area contributed by atoms with Gasteiger partial charge in [0.1, 0.15) is 5.75 Å². The summed E-state index contributed by atoms with van der Waals surface area (Å²) in [5.74, 6) is -1.93. The fourth-order valence-electron chi connectivity index (χ4n) is 2.37. The van der Waals surface area contributed by atoms with E-state index in [9.17, 15) is 27.2 Å². The molecule has 156 valence electrons. The van der Waals surface area contributed by atoms with Gasteiger partial charge in [0.15, 0.2) is 11.6 Å². The number of hydrogen-bond acceptors (Lipinski definition) is 4. The first-order valence-electron chi connectivity index (χ1n) is 8.29. The number of benzene rings is 2. The van der Waals surface area contributed by atoms with Crippen molar-refractivity contribution in [1.82, 2.24) is 4.90 Å². The summed E-state index contributed by atoms with van der Waals surface area (Å²) in [6.07, 6.45) is -4.92. The highest BCUT2D eigenvalue weighted by Gasteiger charge is 2.31. The molecule has 0 saturated carbocycles. The van der Waals surface area contributed by atoms with Crippen LogP contribution in [0, 0.1) is 5.82 Å². The Kier molecular flexibility index (Phi) is 7.03. The summed E-state index contributed by atoms with van der Waals surface area (Å²) >= 11 is 0. The SMILES string of the molecule is COc1ccc(CC(=O)N(C)CC(=O)Nc2ccc(OC(F)(F)F)cc2)cc1F. The molecule has 0 atom stereocenters. The molecule has 0 aromatic heterocycles. The minimum absolute atomic E-state index is 0.0561. The zero-order valence-electron chi connectivity index (χ0n) is 15.5. The molecule has 0 fully saturated rings. The molecule has 1 N–H and O–H groups in total. The Morgan fingerprint density at radius 2 is 1.76 bits per heavy atom. The van der Waals surface area contributed by atoms with Gasteiger partial charge in [-0.25, -0.2) is 4.39 Å². The first-order valence-corrected chi connectivity index (χ1v) is 8.29. The number of carbonyl (C=O) groups is 2. The Morgan fingerprint density at radius 1 is 1.10 bits per heavy atom. The Bertz CT molecular complexity index is 870. The Morgan fingerprint density at radius 3 is 2.31 bits per heavy atom. The molecule has 2 rings (SSSR count). The van der Waals surface area contributed by atoms with Crippen LogP contribution in [0.1, 0.15) is 5.56 Å². The predicted molar refractivity (Wildman–Crippen MR) is 96.0 cm³/mol. The highest BCUT2D eigenvalue weighted by Crippen LogP contribution is 2.24. The maximum Gasteiger partial charge on any atom is 0.573 e. The van der Waals surface area contributed by atoms with Gasteiger partial charge >= 0.3 is 6.36 Å². The minimum Gasteiger partial charge on any atom is -0.494 e. The van der Waals surface area contributed by atoms with Crippen molar-refractivity contribution in [2.24, 2.45) is 0 Å². The van der Waals surface area contributed by atoms with Gasteiger partial charge in [0.25, 0.3) is 0 Å². The number of carbonyl (C=O) groups excluding carboxylic acids is 2. The molecule has 0 saturated heterocycles. The maximum absolute atomic E-state index is 13.7. The standard InChI is InChI=1S/C19H18F4N2O4/c1-25(18(27)10-12-3-8-16(28-2)15(20)9-12)11-17(26)24-13-4-6-14(7-5-13)29-19(21,22)23/h3-9H,10-11H2,1-2H3,(H,24,26). The van der Waals surface area contributed by atoms with E-state index in [0.29, 0.717) is 5.56 Å². The molecule has 0 heterocycles. The summed E-state index contributed by atoms with van der Waals surface area (Å²) in [4.78, 5) is 25.4. The fraction of sp³-hybridized carbons (Fsp3) is 0.263. The molecule has 2 aromatic carbocycles. The van der Waals surface area contributed by atoms with Crippen LogP contribution in [0.4, 0.5) is 23.2 Å². The van der Waals surface area contributed by atoms with Gasteiger partial charge in [-0.15, -0.1) is 13.2 Å². The van der Waals surface area contributed by atoms with E-state index in [1.807, 2.05) is 0 Å². The van der Waals surface area contributed by atoms with Gasteiger partial charge in [0, 0.05) is 12.7 Å². The molecule has 2 amide bonds. The molecule has 6 nitrogen and oxygen atoms in total. The normalized spacial score (nSPS) is 11.0. The van der Waals surface area contributed by atoms with Crippen molar-refractivity contribution in [2.75, 3.05) is 26.0 Å². The third-order valence-electron chi connectivity index (χ3n) is 3.75. The van der Waals surface area contributed by atoms with Crippen molar-refractivity contribution < 1.29 is 36.6 Å². The van der Waals surface area contributed by atoms with Crippen LogP contribution >= 0.6 is 0 Å². The molecule has 29 heavy (non-hydrogen) atoms. The summed E-state index contributed by atoms with van der Waals surface area (Å²) in [5.41, 5.74) is 0.656. The first kappa shape index (κ1) is 22.0. The topological polar surface area (TPSA) is 67.9 Å². The van der Waals surface area contributed by atoms with Crippen LogP contribution in [-0.2, 0) is 16.0 Å². The monoisotopic (exact) mass is 414 g/mol. The molecule has 0 aliphatic rings. The number of rotatable bonds is 7. The number of amides is 2. The van der Waals surface area contributed by atoms with Gasteiger partial charge in [0.2, 0.25) is 11.8 Å². The maximum atomic E-state index is 13.7. The molecule has 0 unspecified atom stereocenters. The van der Waals surface area contributed by atoms with E-state index in [1.54, 1.807) is 0 Å². The molecular formula is C19H18F4N2O4. The van der Waals surface area contributed by atoms with Gasteiger partial charge in [-0.05, 0) is 42.0 Å². The number of hydrogen-bond donors (Lipinski definition) is 1. The van der Waals surface area contributed by atoms with E-state index >= 15 is 0 Å². The lowest BCUT2D eigenvalue weighted by atomic mass is 10.1. The molecule has 0 radical (unpaired) electrons. The first-order chi connectivity index (χ1) is 13.6. The second-order valence-electron chi connectivity index (χ2n) is 6.02. The van der Waals surface area contributed by atoms with E-state index in [4.69, 9.17) is 4.74 Å². The number of alkyl halides is 3. The van der Waals surface area contributed by atoms with E-state index in [0.717, 1.165) is 17.0 Å². The molecule has 0 spiro atoms. The van der Waals surface area contributed by atoms with Crippen molar-refractivity contribution in [1.29, 1.82) is 0 Å². The summed E-state index contributed by atoms with van der Waals surface area (Å²) in [6, 6.07) is 8.69. The lowest BCUT2D eigenvalue weighted by molar-refractivity contribution is -0.274. The van der Waals surface area contributed by atoms with E-state index in [2.05, 4.69) is 10.1 Å². The average Bonchev–Trinajstić information content (AvgIpc) is 2.62. The highest BCUT2D eigenvalue weighted by molar-refractivity contribution is 5.94. The van der Waals surface area contributed by atoms with E-state index < -0.39 is 29.7 Å². The molecular weight excluding hydrogens is 396 g/mol. The smallest absolute Gasteiger partial charge is 0.494 e. The summed E-state index contributed by atoms with van der Waals surface area (Å²) in [6.45, 7) is -0.293. The molecule has 0 aliphatic carbocycles. The summed E-state index contributed by atoms with van der Waals surface area (Å²) < 4.78 is 58.6. The summed E-state index contributed by atoms with van der Waals surface area (Å²) in [5, 5.41) is 2.46. The Balaban J connectivity index is 1.88. The third kappa shape index (κ3) is 6.98. The van der Waals surface area contributed by atoms with Gasteiger partial charge in [-0.1, -0.05) is 6.07 Å². The van der Waals surface area contributed by atoms with Gasteiger partial charge in [-0.2, -0.15) is 0 Å². The molecule has 10 heteroatoms. The van der Waals surface area contributed by atoms with Crippen LogP contribution in [0.15, 0.2) is 42.5 Å². The lowest BCUT2D eigenvalue weighted by Gasteiger charge is -2.17. The van der Waals surface area contributed by atoms with Crippen LogP contribution in [-0.4, -0.2) is 43.8 Å². The number of ether oxygens (including phenoxy) is 2. The molecule has 0 bridgehead atoms. The zero-order valence-corrected chi connectivity index (χ0v) is 15.5. The van der Waals surface area contributed by atoms with Crippen molar-refractivity contribution in [3.05, 3.63) is 53.8 Å². The lowest BCUT2D eigenvalue weighted by Crippen LogP contribution is -2.35. The largest absolute Gasteiger partial charge is 0.573 e. The van der Waals surface area contributed by atoms with Gasteiger partial charge in [0.05, 0.1) is 20.1 Å². The van der Waals surface area contributed by atoms with Gasteiger partial charge in [-0.3, -0.25) is 9.59 Å². The fourth-order valence-corrected chi connectivity index (χ4v) is 2.37. The van der Waals surface area contributed by atoms with E-state index in [-0.39, 0.29) is 24.4 Å². The van der Waals surface area contributed by atoms with Gasteiger partial charge < -0.3 is 19.7 Å². The highest BCUT2D eigenvalue weighted by atomic mass is 19.4. The number of likely N-dealkylation sites (N-methyl/N-ethyl adjacent to an activating group) is 1. The zero-order chi connectivity index (χ0) is 21.6. The second kappa shape index (κ2) is 9.26. The summed E-state index contributed by atoms with van der Waals surface area (Å²) in [7, 11) is 2.73. The van der Waals surface area contributed by atoms with Crippen LogP contribution in [0.5, 0.6) is 11.5 Å². The van der Waals surface area contributed by atoms with Crippen LogP contribution in [0.2, 0.25) is 0 Å². The number of methoxy groups -OCH3 is 1. The predicted octanol–water partition coefficient (Wildman–Crippen LogP) is 3.37. The van der Waals surface area contributed by atoms with Crippen LogP contribution < -0.4 is 14.8 Å². The van der Waals surface area contributed by atoms with Crippen molar-refractivity contribution >= 4 is 17.5 Å². The minimum atomic E-state index is -4.80. The quantitative estimate of drug-likeness (QED) is 0.706. The molecule has 2 aromatic rings. The Hall–Kier alpha value is -3.30. The molecule has 0 aliphatic heterocycles. The van der Waals surface area contributed by atoms with Crippen molar-refractivity contribution in [3.8, 4) is 11.5 Å². The van der Waals surface area contributed by atoms with Crippen LogP contribution in [0.3, 0.4) is 0 Å². The number of nitrogens with zero attached hydrogens (tertiary/aromatic N) is 1. The average molecular weight is 414 g/mol. The number of anilines is 1. The Labute approximate surface area is 164 Å². The number of halogens is 4. The number of nitrogens with one attached hydrogen (secondary N) is 1. The second-order valence-corrected chi connectivity index (χ2v) is 6.02. The third-order valence-corrected chi connectivity index (χ3v) is 3.75. The van der Waals surface area contributed by atoms with Crippen molar-refractivity contribution in [2.45, 2.75) is 12.8 Å². The van der Waals surface area contributed by atoms with Crippen molar-refractivity contribution in [3.63, 3.8) is 0 Å². The van der Waals surface area contributed by atoms with Crippen LogP contribution in [0.25, 0.3) is 0 Å².